The summed E-state index contributed by atoms with van der Waals surface area (Å²) >= 11 is 0. The van der Waals surface area contributed by atoms with E-state index in [0.717, 1.165) is 22.6 Å². The van der Waals surface area contributed by atoms with Gasteiger partial charge in [0.2, 0.25) is 0 Å². The zero-order valence-corrected chi connectivity index (χ0v) is 9.80. The molecular formula is C12H15N5. The van der Waals surface area contributed by atoms with Gasteiger partial charge < -0.3 is 5.73 Å². The summed E-state index contributed by atoms with van der Waals surface area (Å²) in [6, 6.07) is 6.40. The fraction of sp³-hybridized carbons (Fsp3) is 0.417. The molecule has 5 nitrogen and oxygen atoms in total. The van der Waals surface area contributed by atoms with E-state index < -0.39 is 0 Å². The number of aromatic nitrogens is 4. The van der Waals surface area contributed by atoms with Crippen LogP contribution in [0.1, 0.15) is 30.9 Å². The molecule has 0 atom stereocenters. The molecule has 1 aliphatic carbocycles. The maximum absolute atomic E-state index is 5.86. The van der Waals surface area contributed by atoms with Crippen LogP contribution in [0.15, 0.2) is 18.2 Å². The van der Waals surface area contributed by atoms with E-state index in [4.69, 9.17) is 5.73 Å². The minimum Gasteiger partial charge on any atom is -0.399 e. The number of hydrogen-bond donors (Lipinski definition) is 1. The number of anilines is 1. The summed E-state index contributed by atoms with van der Waals surface area (Å²) in [4.78, 5) is 0. The van der Waals surface area contributed by atoms with Crippen molar-refractivity contribution < 1.29 is 0 Å². The maximum atomic E-state index is 5.86. The number of tetrazole rings is 1. The Bertz CT molecular complexity index is 521. The number of aryl methyl sites for hydroxylation is 1. The highest BCUT2D eigenvalue weighted by molar-refractivity contribution is 5.62. The fourth-order valence-corrected chi connectivity index (χ4v) is 2.20. The van der Waals surface area contributed by atoms with Crippen LogP contribution < -0.4 is 5.73 Å². The van der Waals surface area contributed by atoms with Crippen molar-refractivity contribution in [2.75, 3.05) is 5.73 Å². The van der Waals surface area contributed by atoms with Crippen LogP contribution in [0, 0.1) is 6.92 Å². The first-order valence-corrected chi connectivity index (χ1v) is 5.89. The molecule has 1 aromatic carbocycles. The molecule has 1 aliphatic rings. The Morgan fingerprint density at radius 3 is 2.76 bits per heavy atom. The van der Waals surface area contributed by atoms with Crippen LogP contribution in [0.2, 0.25) is 0 Å². The van der Waals surface area contributed by atoms with Crippen molar-refractivity contribution in [3.05, 3.63) is 23.8 Å². The van der Waals surface area contributed by atoms with Gasteiger partial charge in [-0.1, -0.05) is 0 Å². The molecule has 0 aliphatic heterocycles. The third kappa shape index (κ3) is 1.77. The molecule has 1 aromatic heterocycles. The van der Waals surface area contributed by atoms with E-state index in [1.807, 2.05) is 23.7 Å². The van der Waals surface area contributed by atoms with Gasteiger partial charge in [0.25, 0.3) is 0 Å². The molecule has 1 saturated carbocycles. The summed E-state index contributed by atoms with van der Waals surface area (Å²) < 4.78 is 1.93. The van der Waals surface area contributed by atoms with Gasteiger partial charge in [0, 0.05) is 11.3 Å². The number of nitrogen functional groups attached to an aromatic ring is 1. The summed E-state index contributed by atoms with van der Waals surface area (Å²) in [7, 11) is 0. The smallest absolute Gasteiger partial charge is 0.182 e. The molecule has 0 radical (unpaired) electrons. The summed E-state index contributed by atoms with van der Waals surface area (Å²) in [5, 5.41) is 12.0. The van der Waals surface area contributed by atoms with Crippen molar-refractivity contribution in [2.45, 2.75) is 32.2 Å². The molecule has 88 valence electrons. The van der Waals surface area contributed by atoms with Crippen molar-refractivity contribution in [1.82, 2.24) is 20.2 Å². The lowest BCUT2D eigenvalue weighted by molar-refractivity contribution is 0.287. The first-order valence-electron chi connectivity index (χ1n) is 5.89. The van der Waals surface area contributed by atoms with Crippen molar-refractivity contribution >= 4 is 5.69 Å². The number of nitrogens with two attached hydrogens (primary N) is 1. The zero-order chi connectivity index (χ0) is 11.8. The van der Waals surface area contributed by atoms with E-state index in [1.54, 1.807) is 0 Å². The third-order valence-corrected chi connectivity index (χ3v) is 3.27. The topological polar surface area (TPSA) is 69.6 Å². The van der Waals surface area contributed by atoms with Crippen LogP contribution in [0.25, 0.3) is 11.4 Å². The first-order chi connectivity index (χ1) is 8.24. The third-order valence-electron chi connectivity index (χ3n) is 3.27. The standard InChI is InChI=1S/C12H15N5/c1-8-5-9(7-10(13)6-8)12-14-15-16-17(12)11-3-2-4-11/h5-7,11H,2-4,13H2,1H3. The summed E-state index contributed by atoms with van der Waals surface area (Å²) in [5.41, 5.74) is 8.74. The first kappa shape index (κ1) is 10.3. The SMILES string of the molecule is Cc1cc(N)cc(-c2nnnn2C2CCC2)c1. The van der Waals surface area contributed by atoms with E-state index in [2.05, 4.69) is 21.6 Å². The molecule has 2 N–H and O–H groups in total. The normalized spacial score (nSPS) is 15.8. The number of benzene rings is 1. The lowest BCUT2D eigenvalue weighted by Crippen LogP contribution is -2.19. The predicted octanol–water partition coefficient (Wildman–Crippen LogP) is 1.96. The zero-order valence-electron chi connectivity index (χ0n) is 9.80. The van der Waals surface area contributed by atoms with Crippen molar-refractivity contribution in [2.24, 2.45) is 0 Å². The molecule has 2 aromatic rings. The van der Waals surface area contributed by atoms with Crippen LogP contribution in [-0.4, -0.2) is 20.2 Å². The van der Waals surface area contributed by atoms with Gasteiger partial charge in [-0.25, -0.2) is 4.68 Å². The van der Waals surface area contributed by atoms with Gasteiger partial charge in [0.15, 0.2) is 5.82 Å². The second kappa shape index (κ2) is 3.84. The van der Waals surface area contributed by atoms with Crippen molar-refractivity contribution in [1.29, 1.82) is 0 Å². The molecule has 1 fully saturated rings. The molecule has 0 amide bonds. The predicted molar refractivity (Wildman–Crippen MR) is 65.3 cm³/mol. The average Bonchev–Trinajstić information content (AvgIpc) is 2.62. The largest absolute Gasteiger partial charge is 0.399 e. The Balaban J connectivity index is 2.05. The summed E-state index contributed by atoms with van der Waals surface area (Å²) in [6.07, 6.45) is 3.60. The summed E-state index contributed by atoms with van der Waals surface area (Å²) in [5.74, 6) is 0.824. The van der Waals surface area contributed by atoms with E-state index in [9.17, 15) is 0 Å². The minimum atomic E-state index is 0.460. The van der Waals surface area contributed by atoms with Gasteiger partial charge in [-0.2, -0.15) is 0 Å². The fourth-order valence-electron chi connectivity index (χ4n) is 2.20. The Morgan fingerprint density at radius 1 is 1.29 bits per heavy atom. The van der Waals surface area contributed by atoms with E-state index in [0.29, 0.717) is 6.04 Å². The monoisotopic (exact) mass is 229 g/mol. The van der Waals surface area contributed by atoms with Gasteiger partial charge >= 0.3 is 0 Å². The highest BCUT2D eigenvalue weighted by atomic mass is 15.6. The van der Waals surface area contributed by atoms with E-state index in [1.165, 1.54) is 19.3 Å². The second-order valence-corrected chi connectivity index (χ2v) is 4.66. The molecule has 5 heteroatoms. The second-order valence-electron chi connectivity index (χ2n) is 4.66. The van der Waals surface area contributed by atoms with Crippen molar-refractivity contribution in [3.8, 4) is 11.4 Å². The van der Waals surface area contributed by atoms with Gasteiger partial charge in [-0.05, 0) is 60.4 Å². The summed E-state index contributed by atoms with van der Waals surface area (Å²) in [6.45, 7) is 2.03. The maximum Gasteiger partial charge on any atom is 0.182 e. The van der Waals surface area contributed by atoms with Gasteiger partial charge in [-0.15, -0.1) is 5.10 Å². The van der Waals surface area contributed by atoms with Crippen molar-refractivity contribution in [3.63, 3.8) is 0 Å². The highest BCUT2D eigenvalue weighted by Crippen LogP contribution is 2.33. The molecule has 17 heavy (non-hydrogen) atoms. The van der Waals surface area contributed by atoms with Crippen LogP contribution >= 0.6 is 0 Å². The van der Waals surface area contributed by atoms with E-state index in [-0.39, 0.29) is 0 Å². The molecule has 3 rings (SSSR count). The van der Waals surface area contributed by atoms with E-state index >= 15 is 0 Å². The number of hydrogen-bond acceptors (Lipinski definition) is 4. The Kier molecular flexibility index (Phi) is 2.31. The minimum absolute atomic E-state index is 0.460. The van der Waals surface area contributed by atoms with Gasteiger partial charge in [0.1, 0.15) is 0 Å². The van der Waals surface area contributed by atoms with Crippen LogP contribution in [0.4, 0.5) is 5.69 Å². The van der Waals surface area contributed by atoms with Crippen LogP contribution in [0.5, 0.6) is 0 Å². The van der Waals surface area contributed by atoms with Crippen LogP contribution in [-0.2, 0) is 0 Å². The molecule has 0 spiro atoms. The Hall–Kier alpha value is -1.91. The number of rotatable bonds is 2. The molecule has 0 bridgehead atoms. The Morgan fingerprint density at radius 2 is 2.12 bits per heavy atom. The van der Waals surface area contributed by atoms with Gasteiger partial charge in [0.05, 0.1) is 6.04 Å². The van der Waals surface area contributed by atoms with Gasteiger partial charge in [-0.3, -0.25) is 0 Å². The quantitative estimate of drug-likeness (QED) is 0.799. The molecule has 0 saturated heterocycles. The highest BCUT2D eigenvalue weighted by Gasteiger charge is 2.24. The Labute approximate surface area is 99.6 Å². The average molecular weight is 229 g/mol. The molecular weight excluding hydrogens is 214 g/mol. The van der Waals surface area contributed by atoms with Crippen LogP contribution in [0.3, 0.4) is 0 Å². The number of nitrogens with zero attached hydrogens (tertiary/aromatic N) is 4. The lowest BCUT2D eigenvalue weighted by atomic mass is 9.93. The lowest BCUT2D eigenvalue weighted by Gasteiger charge is -2.25. The molecule has 0 unspecified atom stereocenters. The molecule has 1 heterocycles.